The monoisotopic (exact) mass is 239 g/mol. The molecule has 1 aliphatic carbocycles. The molecule has 0 bridgehead atoms. The Kier molecular flexibility index (Phi) is 3.53. The molecule has 0 amide bonds. The molecule has 3 heteroatoms. The number of methoxy groups -OCH3 is 1. The fourth-order valence-electron chi connectivity index (χ4n) is 2.60. The van der Waals surface area contributed by atoms with Crippen molar-refractivity contribution in [2.75, 3.05) is 7.11 Å². The molecule has 0 aliphatic heterocycles. The third kappa shape index (κ3) is 2.24. The van der Waals surface area contributed by atoms with Gasteiger partial charge in [-0.25, -0.2) is 0 Å². The standard InChI is InChI=1S/C13H18ClNO/c1-16-9-10-8-11(14)4-5-12(10)13(15)6-2-3-7-13/h4-5,8H,2-3,6-7,9,15H2,1H3. The van der Waals surface area contributed by atoms with Gasteiger partial charge in [0.1, 0.15) is 0 Å². The normalized spacial score (nSPS) is 18.9. The van der Waals surface area contributed by atoms with Gasteiger partial charge >= 0.3 is 0 Å². The third-order valence-electron chi connectivity index (χ3n) is 3.40. The van der Waals surface area contributed by atoms with Crippen LogP contribution in [0.4, 0.5) is 0 Å². The molecule has 0 spiro atoms. The van der Waals surface area contributed by atoms with Gasteiger partial charge in [-0.05, 0) is 36.1 Å². The van der Waals surface area contributed by atoms with Crippen molar-refractivity contribution in [3.05, 3.63) is 34.3 Å². The van der Waals surface area contributed by atoms with Crippen LogP contribution in [-0.2, 0) is 16.9 Å². The van der Waals surface area contributed by atoms with Crippen LogP contribution in [0.5, 0.6) is 0 Å². The fraction of sp³-hybridized carbons (Fsp3) is 0.538. The summed E-state index contributed by atoms with van der Waals surface area (Å²) in [5.41, 5.74) is 8.62. The second-order valence-corrected chi connectivity index (χ2v) is 5.03. The molecule has 88 valence electrons. The molecular weight excluding hydrogens is 222 g/mol. The van der Waals surface area contributed by atoms with Crippen LogP contribution in [-0.4, -0.2) is 7.11 Å². The van der Waals surface area contributed by atoms with Gasteiger partial charge in [0, 0.05) is 17.7 Å². The zero-order valence-corrected chi connectivity index (χ0v) is 10.4. The van der Waals surface area contributed by atoms with Gasteiger partial charge in [-0.3, -0.25) is 0 Å². The van der Waals surface area contributed by atoms with Crippen LogP contribution in [0.15, 0.2) is 18.2 Å². The molecule has 1 aromatic rings. The van der Waals surface area contributed by atoms with Gasteiger partial charge in [-0.15, -0.1) is 0 Å². The first kappa shape index (κ1) is 11.9. The predicted octanol–water partition coefficient (Wildman–Crippen LogP) is 3.21. The van der Waals surface area contributed by atoms with E-state index in [0.29, 0.717) is 6.61 Å². The highest BCUT2D eigenvalue weighted by Crippen LogP contribution is 2.38. The van der Waals surface area contributed by atoms with Gasteiger partial charge in [-0.1, -0.05) is 30.5 Å². The third-order valence-corrected chi connectivity index (χ3v) is 3.63. The molecule has 16 heavy (non-hydrogen) atoms. The minimum atomic E-state index is -0.168. The molecule has 0 unspecified atom stereocenters. The predicted molar refractivity (Wildman–Crippen MR) is 66.5 cm³/mol. The summed E-state index contributed by atoms with van der Waals surface area (Å²) >= 11 is 6.01. The van der Waals surface area contributed by atoms with Gasteiger partial charge < -0.3 is 10.5 Å². The molecule has 0 saturated heterocycles. The Morgan fingerprint density at radius 1 is 1.38 bits per heavy atom. The first-order valence-electron chi connectivity index (χ1n) is 5.72. The second kappa shape index (κ2) is 4.74. The molecule has 0 atom stereocenters. The van der Waals surface area contributed by atoms with Crippen molar-refractivity contribution in [2.45, 2.75) is 37.8 Å². The average Bonchev–Trinajstić information content (AvgIpc) is 2.66. The summed E-state index contributed by atoms with van der Waals surface area (Å²) in [5, 5.41) is 0.748. The minimum absolute atomic E-state index is 0.168. The summed E-state index contributed by atoms with van der Waals surface area (Å²) in [7, 11) is 1.70. The van der Waals surface area contributed by atoms with Crippen molar-refractivity contribution in [2.24, 2.45) is 5.73 Å². The Hall–Kier alpha value is -0.570. The van der Waals surface area contributed by atoms with Gasteiger partial charge in [0.15, 0.2) is 0 Å². The van der Waals surface area contributed by atoms with E-state index in [0.717, 1.165) is 23.4 Å². The van der Waals surface area contributed by atoms with E-state index in [1.807, 2.05) is 12.1 Å². The van der Waals surface area contributed by atoms with E-state index < -0.39 is 0 Å². The SMILES string of the molecule is COCc1cc(Cl)ccc1C1(N)CCCC1. The Morgan fingerprint density at radius 3 is 2.69 bits per heavy atom. The van der Waals surface area contributed by atoms with E-state index in [2.05, 4.69) is 6.07 Å². The van der Waals surface area contributed by atoms with Gasteiger partial charge in [0.25, 0.3) is 0 Å². The molecule has 2 N–H and O–H groups in total. The average molecular weight is 240 g/mol. The zero-order chi connectivity index (χ0) is 11.6. The van der Waals surface area contributed by atoms with E-state index in [1.54, 1.807) is 7.11 Å². The molecule has 2 nitrogen and oxygen atoms in total. The quantitative estimate of drug-likeness (QED) is 0.879. The summed E-state index contributed by atoms with van der Waals surface area (Å²) < 4.78 is 5.21. The van der Waals surface area contributed by atoms with Crippen molar-refractivity contribution < 1.29 is 4.74 Å². The molecule has 0 radical (unpaired) electrons. The molecule has 0 heterocycles. The largest absolute Gasteiger partial charge is 0.380 e. The van der Waals surface area contributed by atoms with Crippen molar-refractivity contribution in [1.29, 1.82) is 0 Å². The van der Waals surface area contributed by atoms with Crippen molar-refractivity contribution in [3.63, 3.8) is 0 Å². The molecule has 2 rings (SSSR count). The first-order valence-corrected chi connectivity index (χ1v) is 6.10. The van der Waals surface area contributed by atoms with E-state index in [-0.39, 0.29) is 5.54 Å². The number of hydrogen-bond donors (Lipinski definition) is 1. The lowest BCUT2D eigenvalue weighted by molar-refractivity contribution is 0.182. The van der Waals surface area contributed by atoms with Crippen LogP contribution < -0.4 is 5.73 Å². The number of rotatable bonds is 3. The van der Waals surface area contributed by atoms with Crippen LogP contribution in [0.3, 0.4) is 0 Å². The van der Waals surface area contributed by atoms with Gasteiger partial charge in [-0.2, -0.15) is 0 Å². The van der Waals surface area contributed by atoms with Crippen LogP contribution in [0.25, 0.3) is 0 Å². The number of halogens is 1. The lowest BCUT2D eigenvalue weighted by Gasteiger charge is -2.27. The summed E-state index contributed by atoms with van der Waals surface area (Å²) in [5.74, 6) is 0. The Balaban J connectivity index is 2.38. The molecular formula is C13H18ClNO. The number of nitrogens with two attached hydrogens (primary N) is 1. The van der Waals surface area contributed by atoms with Crippen LogP contribution in [0, 0.1) is 0 Å². The molecule has 1 aromatic carbocycles. The smallest absolute Gasteiger partial charge is 0.0716 e. The van der Waals surface area contributed by atoms with Crippen LogP contribution in [0.2, 0.25) is 5.02 Å². The second-order valence-electron chi connectivity index (χ2n) is 4.60. The van der Waals surface area contributed by atoms with Crippen molar-refractivity contribution >= 4 is 11.6 Å². The number of ether oxygens (including phenoxy) is 1. The Morgan fingerprint density at radius 2 is 2.06 bits per heavy atom. The van der Waals surface area contributed by atoms with Gasteiger partial charge in [0.05, 0.1) is 6.61 Å². The van der Waals surface area contributed by atoms with E-state index in [4.69, 9.17) is 22.1 Å². The van der Waals surface area contributed by atoms with Gasteiger partial charge in [0.2, 0.25) is 0 Å². The van der Waals surface area contributed by atoms with E-state index >= 15 is 0 Å². The van der Waals surface area contributed by atoms with E-state index in [1.165, 1.54) is 18.4 Å². The van der Waals surface area contributed by atoms with Crippen LogP contribution >= 0.6 is 11.6 Å². The molecule has 1 aliphatic rings. The van der Waals surface area contributed by atoms with E-state index in [9.17, 15) is 0 Å². The Labute approximate surface area is 102 Å². The zero-order valence-electron chi connectivity index (χ0n) is 9.63. The summed E-state index contributed by atoms with van der Waals surface area (Å²) in [6, 6.07) is 5.94. The molecule has 1 saturated carbocycles. The minimum Gasteiger partial charge on any atom is -0.380 e. The lowest BCUT2D eigenvalue weighted by atomic mass is 9.86. The Bertz CT molecular complexity index is 372. The maximum atomic E-state index is 6.46. The molecule has 1 fully saturated rings. The lowest BCUT2D eigenvalue weighted by Crippen LogP contribution is -2.34. The summed E-state index contributed by atoms with van der Waals surface area (Å²) in [4.78, 5) is 0. The maximum Gasteiger partial charge on any atom is 0.0716 e. The highest BCUT2D eigenvalue weighted by molar-refractivity contribution is 6.30. The summed E-state index contributed by atoms with van der Waals surface area (Å²) in [6.07, 6.45) is 4.55. The van der Waals surface area contributed by atoms with Crippen molar-refractivity contribution in [1.82, 2.24) is 0 Å². The first-order chi connectivity index (χ1) is 7.65. The topological polar surface area (TPSA) is 35.2 Å². The maximum absolute atomic E-state index is 6.46. The fourth-order valence-corrected chi connectivity index (χ4v) is 2.79. The summed E-state index contributed by atoms with van der Waals surface area (Å²) in [6.45, 7) is 0.578. The highest BCUT2D eigenvalue weighted by Gasteiger charge is 2.32. The highest BCUT2D eigenvalue weighted by atomic mass is 35.5. The number of hydrogen-bond acceptors (Lipinski definition) is 2. The number of benzene rings is 1. The van der Waals surface area contributed by atoms with Crippen molar-refractivity contribution in [3.8, 4) is 0 Å². The van der Waals surface area contributed by atoms with Crippen LogP contribution in [0.1, 0.15) is 36.8 Å². The molecule has 0 aromatic heterocycles.